The standard InChI is InChI=1S/C14H25N3O4/c1-9-6-5-7-14(8-9,12(19)20)16-13(21)15-10(2)11(18)17(3)4/h9-10H,5-8H2,1-4H3,(H,19,20)(H2,15,16,21). The minimum absolute atomic E-state index is 0.244. The van der Waals surface area contributed by atoms with Gasteiger partial charge in [-0.15, -0.1) is 0 Å². The maximum absolute atomic E-state index is 12.0. The number of urea groups is 1. The van der Waals surface area contributed by atoms with Crippen LogP contribution in [0.3, 0.4) is 0 Å². The molecule has 1 fully saturated rings. The predicted molar refractivity (Wildman–Crippen MR) is 77.8 cm³/mol. The molecule has 0 spiro atoms. The van der Waals surface area contributed by atoms with Gasteiger partial charge in [0.25, 0.3) is 0 Å². The molecule has 1 aliphatic rings. The number of nitrogens with zero attached hydrogens (tertiary/aromatic N) is 1. The lowest BCUT2D eigenvalue weighted by Gasteiger charge is -2.37. The summed E-state index contributed by atoms with van der Waals surface area (Å²) >= 11 is 0. The van der Waals surface area contributed by atoms with Crippen molar-refractivity contribution >= 4 is 17.9 Å². The smallest absolute Gasteiger partial charge is 0.329 e. The highest BCUT2D eigenvalue weighted by Crippen LogP contribution is 2.32. The van der Waals surface area contributed by atoms with Crippen LogP contribution in [0.15, 0.2) is 0 Å². The molecule has 0 heterocycles. The third-order valence-corrected chi connectivity index (χ3v) is 3.92. The average molecular weight is 299 g/mol. The lowest BCUT2D eigenvalue weighted by Crippen LogP contribution is -2.60. The summed E-state index contributed by atoms with van der Waals surface area (Å²) in [6, 6.07) is -1.32. The van der Waals surface area contributed by atoms with Gasteiger partial charge >= 0.3 is 12.0 Å². The van der Waals surface area contributed by atoms with Crippen molar-refractivity contribution in [1.29, 1.82) is 0 Å². The Balaban J connectivity index is 2.70. The molecule has 0 saturated heterocycles. The number of carbonyl (C=O) groups excluding carboxylic acids is 2. The molecule has 7 nitrogen and oxygen atoms in total. The van der Waals surface area contributed by atoms with Crippen LogP contribution in [0.4, 0.5) is 4.79 Å². The normalized spacial score (nSPS) is 26.6. The molecule has 0 aromatic heterocycles. The zero-order chi connectivity index (χ0) is 16.2. The number of nitrogens with one attached hydrogen (secondary N) is 2. The third-order valence-electron chi connectivity index (χ3n) is 3.92. The number of rotatable bonds is 4. The molecule has 0 radical (unpaired) electrons. The molecule has 21 heavy (non-hydrogen) atoms. The van der Waals surface area contributed by atoms with Gasteiger partial charge < -0.3 is 20.6 Å². The first-order chi connectivity index (χ1) is 9.68. The lowest BCUT2D eigenvalue weighted by molar-refractivity contribution is -0.146. The minimum atomic E-state index is -1.23. The molecule has 0 aromatic rings. The fourth-order valence-electron chi connectivity index (χ4n) is 2.81. The van der Waals surface area contributed by atoms with Crippen LogP contribution in [0.1, 0.15) is 39.5 Å². The predicted octanol–water partition coefficient (Wildman–Crippen LogP) is 0.796. The monoisotopic (exact) mass is 299 g/mol. The van der Waals surface area contributed by atoms with Gasteiger partial charge in [-0.25, -0.2) is 9.59 Å². The van der Waals surface area contributed by atoms with Crippen LogP contribution >= 0.6 is 0 Å². The number of aliphatic carboxylic acids is 1. The summed E-state index contributed by atoms with van der Waals surface area (Å²) in [5, 5.41) is 14.5. The van der Waals surface area contributed by atoms with E-state index in [-0.39, 0.29) is 11.8 Å². The van der Waals surface area contributed by atoms with Gasteiger partial charge in [-0.05, 0) is 25.7 Å². The summed E-state index contributed by atoms with van der Waals surface area (Å²) in [4.78, 5) is 36.7. The van der Waals surface area contributed by atoms with Crippen molar-refractivity contribution in [1.82, 2.24) is 15.5 Å². The Morgan fingerprint density at radius 3 is 2.43 bits per heavy atom. The zero-order valence-electron chi connectivity index (χ0n) is 13.1. The third kappa shape index (κ3) is 4.34. The molecule has 1 saturated carbocycles. The Morgan fingerprint density at radius 1 is 1.33 bits per heavy atom. The van der Waals surface area contributed by atoms with E-state index in [1.807, 2.05) is 6.92 Å². The van der Waals surface area contributed by atoms with Gasteiger partial charge in [0.05, 0.1) is 0 Å². The van der Waals surface area contributed by atoms with Gasteiger partial charge in [0.15, 0.2) is 0 Å². The summed E-state index contributed by atoms with van der Waals surface area (Å²) in [6.07, 6.45) is 2.55. The van der Waals surface area contributed by atoms with Crippen molar-refractivity contribution < 1.29 is 19.5 Å². The second-order valence-corrected chi connectivity index (χ2v) is 6.14. The van der Waals surface area contributed by atoms with E-state index in [0.29, 0.717) is 12.8 Å². The van der Waals surface area contributed by atoms with E-state index in [4.69, 9.17) is 0 Å². The Bertz CT molecular complexity index is 424. The molecule has 1 aliphatic carbocycles. The van der Waals surface area contributed by atoms with E-state index < -0.39 is 23.6 Å². The molecule has 0 bridgehead atoms. The number of hydrogen-bond acceptors (Lipinski definition) is 3. The number of likely N-dealkylation sites (N-methyl/N-ethyl adjacent to an activating group) is 1. The topological polar surface area (TPSA) is 98.7 Å². The van der Waals surface area contributed by atoms with Crippen molar-refractivity contribution in [3.8, 4) is 0 Å². The Labute approximate surface area is 125 Å². The molecule has 3 atom stereocenters. The highest BCUT2D eigenvalue weighted by molar-refractivity contribution is 5.90. The fraction of sp³-hybridized carbons (Fsp3) is 0.786. The van der Waals surface area contributed by atoms with Crippen LogP contribution in [-0.4, -0.2) is 53.6 Å². The van der Waals surface area contributed by atoms with Crippen molar-refractivity contribution in [3.05, 3.63) is 0 Å². The number of carboxylic acids is 1. The summed E-state index contributed by atoms with van der Waals surface area (Å²) in [6.45, 7) is 3.55. The van der Waals surface area contributed by atoms with Gasteiger partial charge in [-0.3, -0.25) is 4.79 Å². The average Bonchev–Trinajstić information content (AvgIpc) is 2.37. The second-order valence-electron chi connectivity index (χ2n) is 6.14. The van der Waals surface area contributed by atoms with E-state index >= 15 is 0 Å². The molecule has 120 valence electrons. The van der Waals surface area contributed by atoms with Crippen molar-refractivity contribution in [2.24, 2.45) is 5.92 Å². The van der Waals surface area contributed by atoms with Crippen LogP contribution in [0.2, 0.25) is 0 Å². The van der Waals surface area contributed by atoms with E-state index in [1.165, 1.54) is 4.90 Å². The largest absolute Gasteiger partial charge is 0.480 e. The van der Waals surface area contributed by atoms with Crippen molar-refractivity contribution in [2.75, 3.05) is 14.1 Å². The summed E-state index contributed by atoms with van der Waals surface area (Å²) in [5.41, 5.74) is -1.23. The maximum Gasteiger partial charge on any atom is 0.329 e. The summed E-state index contributed by atoms with van der Waals surface area (Å²) in [5.74, 6) is -1.02. The number of carbonyl (C=O) groups is 3. The van der Waals surface area contributed by atoms with E-state index in [1.54, 1.807) is 21.0 Å². The van der Waals surface area contributed by atoms with Crippen LogP contribution in [-0.2, 0) is 9.59 Å². The molecular formula is C14H25N3O4. The van der Waals surface area contributed by atoms with Gasteiger partial charge in [-0.2, -0.15) is 0 Å². The molecule has 1 rings (SSSR count). The Morgan fingerprint density at radius 2 is 1.95 bits per heavy atom. The zero-order valence-corrected chi connectivity index (χ0v) is 13.1. The molecule has 0 aromatic carbocycles. The number of amides is 3. The van der Waals surface area contributed by atoms with Crippen LogP contribution in [0.25, 0.3) is 0 Å². The van der Waals surface area contributed by atoms with Crippen LogP contribution in [0, 0.1) is 5.92 Å². The molecule has 7 heteroatoms. The molecule has 0 aliphatic heterocycles. The summed E-state index contributed by atoms with van der Waals surface area (Å²) < 4.78 is 0. The van der Waals surface area contributed by atoms with E-state index in [0.717, 1.165) is 12.8 Å². The highest BCUT2D eigenvalue weighted by atomic mass is 16.4. The lowest BCUT2D eigenvalue weighted by atomic mass is 9.76. The molecule has 3 amide bonds. The van der Waals surface area contributed by atoms with Crippen molar-refractivity contribution in [3.63, 3.8) is 0 Å². The first-order valence-corrected chi connectivity index (χ1v) is 7.21. The Kier molecular flexibility index (Phi) is 5.57. The first kappa shape index (κ1) is 17.3. The van der Waals surface area contributed by atoms with Gasteiger partial charge in [0, 0.05) is 14.1 Å². The second kappa shape index (κ2) is 6.78. The molecular weight excluding hydrogens is 274 g/mol. The van der Waals surface area contributed by atoms with E-state index in [2.05, 4.69) is 10.6 Å². The quantitative estimate of drug-likeness (QED) is 0.715. The first-order valence-electron chi connectivity index (χ1n) is 7.21. The highest BCUT2D eigenvalue weighted by Gasteiger charge is 2.43. The molecule has 3 N–H and O–H groups in total. The number of hydrogen-bond donors (Lipinski definition) is 3. The summed E-state index contributed by atoms with van der Waals surface area (Å²) in [7, 11) is 3.19. The SMILES string of the molecule is CC1CCCC(NC(=O)NC(C)C(=O)N(C)C)(C(=O)O)C1. The molecule has 3 unspecified atom stereocenters. The van der Waals surface area contributed by atoms with Gasteiger partial charge in [0.1, 0.15) is 11.6 Å². The van der Waals surface area contributed by atoms with Crippen molar-refractivity contribution in [2.45, 2.75) is 51.1 Å². The van der Waals surface area contributed by atoms with Gasteiger partial charge in [-0.1, -0.05) is 19.8 Å². The van der Waals surface area contributed by atoms with Crippen LogP contribution < -0.4 is 10.6 Å². The van der Waals surface area contributed by atoms with Crippen LogP contribution in [0.5, 0.6) is 0 Å². The minimum Gasteiger partial charge on any atom is -0.480 e. The number of carboxylic acid groups (broad SMARTS) is 1. The Hall–Kier alpha value is -1.79. The maximum atomic E-state index is 12.0. The van der Waals surface area contributed by atoms with Gasteiger partial charge in [0.2, 0.25) is 5.91 Å². The van der Waals surface area contributed by atoms with E-state index in [9.17, 15) is 19.5 Å². The fourth-order valence-corrected chi connectivity index (χ4v) is 2.81.